The number of nitrogens with zero attached hydrogens (tertiary/aromatic N) is 2. The lowest BCUT2D eigenvalue weighted by Crippen LogP contribution is -2.09. The Morgan fingerprint density at radius 2 is 1.15 bits per heavy atom. The van der Waals surface area contributed by atoms with Crippen molar-refractivity contribution in [3.63, 3.8) is 0 Å². The van der Waals surface area contributed by atoms with Crippen molar-refractivity contribution in [1.82, 2.24) is 4.57 Å². The van der Waals surface area contributed by atoms with Crippen LogP contribution in [0.4, 0.5) is 17.1 Å². The molecule has 0 aliphatic heterocycles. The first-order valence-electron chi connectivity index (χ1n) is 17.7. The van der Waals surface area contributed by atoms with Crippen molar-refractivity contribution in [2.75, 3.05) is 4.90 Å². The van der Waals surface area contributed by atoms with Gasteiger partial charge in [0.05, 0.1) is 16.7 Å². The van der Waals surface area contributed by atoms with Crippen LogP contribution in [0, 0.1) is 6.92 Å². The molecule has 0 unspecified atom stereocenters. The molecule has 0 bridgehead atoms. The maximum atomic E-state index is 6.07. The number of aryl methyl sites for hydroxylation is 1. The molecule has 0 fully saturated rings. The van der Waals surface area contributed by atoms with E-state index in [1.54, 1.807) is 0 Å². The number of rotatable bonds is 6. The second-order valence-corrected chi connectivity index (χ2v) is 13.5. The summed E-state index contributed by atoms with van der Waals surface area (Å²) in [5, 5.41) is 8.44. The lowest BCUT2D eigenvalue weighted by Gasteiger charge is -2.26. The molecule has 2 aromatic heterocycles. The average molecular weight is 667 g/mol. The quantitative estimate of drug-likeness (QED) is 0.176. The van der Waals surface area contributed by atoms with Gasteiger partial charge in [0.25, 0.3) is 0 Å². The van der Waals surface area contributed by atoms with E-state index in [2.05, 4.69) is 186 Å². The summed E-state index contributed by atoms with van der Waals surface area (Å²) in [6, 6.07) is 61.4. The molecule has 10 aromatic rings. The Labute approximate surface area is 301 Å². The van der Waals surface area contributed by atoms with Crippen LogP contribution in [0.1, 0.15) is 11.3 Å². The molecular formula is C49H34N2O. The molecule has 52 heavy (non-hydrogen) atoms. The summed E-state index contributed by atoms with van der Waals surface area (Å²) in [4.78, 5) is 2.33. The van der Waals surface area contributed by atoms with E-state index >= 15 is 0 Å². The molecule has 8 aromatic carbocycles. The van der Waals surface area contributed by atoms with Crippen LogP contribution < -0.4 is 4.90 Å². The maximum absolute atomic E-state index is 6.07. The molecule has 0 radical (unpaired) electrons. The van der Waals surface area contributed by atoms with Crippen molar-refractivity contribution in [3.8, 4) is 16.8 Å². The van der Waals surface area contributed by atoms with Gasteiger partial charge in [-0.3, -0.25) is 0 Å². The number of hydrogen-bond acceptors (Lipinski definition) is 2. The van der Waals surface area contributed by atoms with Gasteiger partial charge in [0.15, 0.2) is 0 Å². The van der Waals surface area contributed by atoms with Gasteiger partial charge >= 0.3 is 0 Å². The Bertz CT molecular complexity index is 2990. The minimum absolute atomic E-state index is 0.863. The molecule has 0 aliphatic carbocycles. The molecular weight excluding hydrogens is 633 g/mol. The summed E-state index contributed by atoms with van der Waals surface area (Å²) in [5.74, 6) is 0.876. The molecule has 0 amide bonds. The number of aromatic nitrogens is 1. The SMILES string of the molecule is C=Cc1c(C)oc2ccc(N(c3ccc(-c4ccc5c(c4)c4ccccc4n5-c4cccc5ccccc45)cc3)c3ccc4ccccc4c3)cc12. The van der Waals surface area contributed by atoms with Crippen LogP contribution in [0.25, 0.3) is 77.2 Å². The Hall–Kier alpha value is -6.84. The highest BCUT2D eigenvalue weighted by molar-refractivity contribution is 6.11. The molecule has 3 nitrogen and oxygen atoms in total. The topological polar surface area (TPSA) is 21.3 Å². The lowest BCUT2D eigenvalue weighted by molar-refractivity contribution is 0.577. The van der Waals surface area contributed by atoms with Gasteiger partial charge in [-0.25, -0.2) is 0 Å². The lowest BCUT2D eigenvalue weighted by atomic mass is 10.0. The molecule has 3 heteroatoms. The van der Waals surface area contributed by atoms with Crippen molar-refractivity contribution < 1.29 is 4.42 Å². The van der Waals surface area contributed by atoms with E-state index in [1.165, 1.54) is 60.2 Å². The molecule has 0 saturated heterocycles. The normalized spacial score (nSPS) is 11.6. The summed E-state index contributed by atoms with van der Waals surface area (Å²) in [7, 11) is 0. The minimum Gasteiger partial charge on any atom is -0.461 e. The summed E-state index contributed by atoms with van der Waals surface area (Å²) in [6.45, 7) is 6.06. The highest BCUT2D eigenvalue weighted by Gasteiger charge is 2.18. The van der Waals surface area contributed by atoms with Gasteiger partial charge in [-0.1, -0.05) is 116 Å². The van der Waals surface area contributed by atoms with Crippen LogP contribution in [0.2, 0.25) is 0 Å². The highest BCUT2D eigenvalue weighted by atomic mass is 16.3. The van der Waals surface area contributed by atoms with Crippen molar-refractivity contribution in [1.29, 1.82) is 0 Å². The van der Waals surface area contributed by atoms with Crippen LogP contribution in [0.15, 0.2) is 181 Å². The van der Waals surface area contributed by atoms with Gasteiger partial charge in [-0.2, -0.15) is 0 Å². The third-order valence-electron chi connectivity index (χ3n) is 10.5. The second-order valence-electron chi connectivity index (χ2n) is 13.5. The van der Waals surface area contributed by atoms with Crippen molar-refractivity contribution in [2.45, 2.75) is 6.92 Å². The standard InChI is InChI=1S/C49H34N2O/c1-3-41-32(2)52-49-28-26-40(31-45(41)49)50(39-25-21-33-11-4-5-13-36(33)29-39)38-23-19-34(20-24-38)37-22-27-48-44(30-37)43-16-8-9-17-47(43)51(48)46-18-10-14-35-12-6-7-15-42(35)46/h3-31H,1H2,2H3. The minimum atomic E-state index is 0.863. The van der Waals surface area contributed by atoms with E-state index in [9.17, 15) is 0 Å². The molecule has 0 spiro atoms. The third-order valence-corrected chi connectivity index (χ3v) is 10.5. The molecule has 0 aliphatic rings. The first kappa shape index (κ1) is 30.0. The van der Waals surface area contributed by atoms with Crippen molar-refractivity contribution >= 4 is 77.5 Å². The molecule has 10 rings (SSSR count). The Morgan fingerprint density at radius 3 is 2.00 bits per heavy atom. The Kier molecular flexibility index (Phi) is 6.87. The monoisotopic (exact) mass is 666 g/mol. The number of hydrogen-bond donors (Lipinski definition) is 0. The maximum Gasteiger partial charge on any atom is 0.135 e. The fraction of sp³-hybridized carbons (Fsp3) is 0.0204. The van der Waals surface area contributed by atoms with E-state index in [-0.39, 0.29) is 0 Å². The molecule has 0 saturated carbocycles. The second kappa shape index (κ2) is 11.9. The first-order chi connectivity index (χ1) is 25.6. The third kappa shape index (κ3) is 4.74. The van der Waals surface area contributed by atoms with Crippen LogP contribution in [-0.2, 0) is 0 Å². The van der Waals surface area contributed by atoms with E-state index in [4.69, 9.17) is 4.42 Å². The van der Waals surface area contributed by atoms with Gasteiger partial charge in [0, 0.05) is 44.2 Å². The zero-order valence-corrected chi connectivity index (χ0v) is 28.8. The van der Waals surface area contributed by atoms with Crippen LogP contribution >= 0.6 is 0 Å². The summed E-state index contributed by atoms with van der Waals surface area (Å²) in [5.41, 5.74) is 11.1. The number of furan rings is 1. The Morgan fingerprint density at radius 1 is 0.500 bits per heavy atom. The van der Waals surface area contributed by atoms with E-state index in [0.717, 1.165) is 39.4 Å². The predicted octanol–water partition coefficient (Wildman–Crippen LogP) is 13.9. The van der Waals surface area contributed by atoms with Gasteiger partial charge in [-0.15, -0.1) is 0 Å². The average Bonchev–Trinajstić information content (AvgIpc) is 3.70. The zero-order chi connectivity index (χ0) is 34.8. The van der Waals surface area contributed by atoms with E-state index in [0.29, 0.717) is 0 Å². The molecule has 246 valence electrons. The van der Waals surface area contributed by atoms with Gasteiger partial charge < -0.3 is 13.9 Å². The molecule has 0 atom stereocenters. The molecule has 2 heterocycles. The number of para-hydroxylation sites is 1. The van der Waals surface area contributed by atoms with Gasteiger partial charge in [-0.05, 0) is 101 Å². The number of fused-ring (bicyclic) bond motifs is 6. The van der Waals surface area contributed by atoms with Crippen LogP contribution in [0.3, 0.4) is 0 Å². The fourth-order valence-electron chi connectivity index (χ4n) is 8.00. The van der Waals surface area contributed by atoms with E-state index in [1.807, 2.05) is 13.0 Å². The van der Waals surface area contributed by atoms with Gasteiger partial charge in [0.1, 0.15) is 11.3 Å². The molecule has 0 N–H and O–H groups in total. The van der Waals surface area contributed by atoms with Crippen molar-refractivity contribution in [3.05, 3.63) is 188 Å². The number of anilines is 3. The highest BCUT2D eigenvalue weighted by Crippen LogP contribution is 2.41. The van der Waals surface area contributed by atoms with Crippen LogP contribution in [0.5, 0.6) is 0 Å². The first-order valence-corrected chi connectivity index (χ1v) is 17.7. The Balaban J connectivity index is 1.10. The number of benzene rings is 8. The summed E-state index contributed by atoms with van der Waals surface area (Å²) in [6.07, 6.45) is 1.89. The predicted molar refractivity (Wildman–Crippen MR) is 221 cm³/mol. The summed E-state index contributed by atoms with van der Waals surface area (Å²) < 4.78 is 8.48. The largest absolute Gasteiger partial charge is 0.461 e. The van der Waals surface area contributed by atoms with Gasteiger partial charge in [0.2, 0.25) is 0 Å². The van der Waals surface area contributed by atoms with E-state index < -0.39 is 0 Å². The van der Waals surface area contributed by atoms with Crippen LogP contribution in [-0.4, -0.2) is 4.57 Å². The zero-order valence-electron chi connectivity index (χ0n) is 28.8. The summed E-state index contributed by atoms with van der Waals surface area (Å²) >= 11 is 0. The smallest absolute Gasteiger partial charge is 0.135 e. The fourth-order valence-corrected chi connectivity index (χ4v) is 8.00. The van der Waals surface area contributed by atoms with Crippen molar-refractivity contribution in [2.24, 2.45) is 0 Å².